The van der Waals surface area contributed by atoms with Gasteiger partial charge in [0.1, 0.15) is 36.8 Å². The van der Waals surface area contributed by atoms with Gasteiger partial charge in [0.2, 0.25) is 0 Å². The third kappa shape index (κ3) is 14.9. The normalized spacial score (nSPS) is 32.0. The molecule has 2 N–H and O–H groups in total. The molecule has 1 aromatic carbocycles. The summed E-state index contributed by atoms with van der Waals surface area (Å²) in [5.74, 6) is -3.23. The summed E-state index contributed by atoms with van der Waals surface area (Å²) in [5, 5.41) is 23.8. The number of aliphatic hydroxyl groups is 2. The van der Waals surface area contributed by atoms with Crippen LogP contribution in [0.1, 0.15) is 117 Å². The van der Waals surface area contributed by atoms with E-state index >= 15 is 0 Å². The monoisotopic (exact) mass is 830 g/mol. The van der Waals surface area contributed by atoms with E-state index in [9.17, 15) is 34.2 Å². The highest BCUT2D eigenvalue weighted by Gasteiger charge is 2.55. The summed E-state index contributed by atoms with van der Waals surface area (Å²) in [6.07, 6.45) is -3.43. The topological polar surface area (TPSA) is 200 Å². The van der Waals surface area contributed by atoms with Crippen LogP contribution in [0, 0.1) is 0 Å². The zero-order valence-corrected chi connectivity index (χ0v) is 34.9. The Morgan fingerprint density at radius 3 is 2.27 bits per heavy atom. The highest BCUT2D eigenvalue weighted by Crippen LogP contribution is 2.34. The third-order valence-corrected chi connectivity index (χ3v) is 10.6. The first kappa shape index (κ1) is 47.7. The van der Waals surface area contributed by atoms with Crippen LogP contribution in [0.2, 0.25) is 0 Å². The van der Waals surface area contributed by atoms with Crippen LogP contribution in [-0.2, 0) is 61.9 Å². The van der Waals surface area contributed by atoms with E-state index in [4.69, 9.17) is 37.9 Å². The van der Waals surface area contributed by atoms with Crippen molar-refractivity contribution in [3.8, 4) is 0 Å². The number of esters is 4. The molecule has 15 heteroatoms. The molecule has 59 heavy (non-hydrogen) atoms. The van der Waals surface area contributed by atoms with Crippen LogP contribution < -0.4 is 0 Å². The number of hydrogen-bond donors (Lipinski definition) is 2. The van der Waals surface area contributed by atoms with Crippen LogP contribution >= 0.6 is 0 Å². The number of rotatable bonds is 10. The Morgan fingerprint density at radius 2 is 1.56 bits per heavy atom. The van der Waals surface area contributed by atoms with Gasteiger partial charge >= 0.3 is 23.9 Å². The predicted molar refractivity (Wildman–Crippen MR) is 212 cm³/mol. The van der Waals surface area contributed by atoms with Crippen molar-refractivity contribution in [3.05, 3.63) is 53.6 Å². The molecule has 0 aromatic heterocycles. The molecule has 0 spiro atoms. The van der Waals surface area contributed by atoms with Crippen molar-refractivity contribution in [2.24, 2.45) is 0 Å². The highest BCUT2D eigenvalue weighted by molar-refractivity contribution is 5.88. The molecule has 0 saturated carbocycles. The lowest BCUT2D eigenvalue weighted by Gasteiger charge is -2.47. The first-order valence-corrected chi connectivity index (χ1v) is 20.9. The van der Waals surface area contributed by atoms with Crippen LogP contribution in [0.15, 0.2) is 48.1 Å². The molecule has 328 valence electrons. The number of fused-ring (bicyclic) bond motifs is 3. The van der Waals surface area contributed by atoms with Crippen molar-refractivity contribution < 1.29 is 72.1 Å². The minimum Gasteiger partial charge on any atom is -0.463 e. The predicted octanol–water partition coefficient (Wildman–Crippen LogP) is 5.21. The third-order valence-electron chi connectivity index (χ3n) is 10.6. The number of aliphatic hydroxyl groups excluding tert-OH is 2. The number of ketones is 1. The highest BCUT2D eigenvalue weighted by atomic mass is 16.8. The lowest BCUT2D eigenvalue weighted by molar-refractivity contribution is -0.369. The molecular weight excluding hydrogens is 768 g/mol. The van der Waals surface area contributed by atoms with Gasteiger partial charge in [0.15, 0.2) is 30.9 Å². The molecule has 0 radical (unpaired) electrons. The molecule has 4 rings (SSSR count). The molecule has 0 amide bonds. The Morgan fingerprint density at radius 1 is 0.814 bits per heavy atom. The largest absolute Gasteiger partial charge is 0.463 e. The van der Waals surface area contributed by atoms with E-state index in [1.165, 1.54) is 26.0 Å². The summed E-state index contributed by atoms with van der Waals surface area (Å²) < 4.78 is 48.0. The molecule has 3 heterocycles. The SMILES string of the molecule is C/C=C(\C)C(=O)O[C@H]1C(OC(=O)/C=C/c2ccccc2)C2COC(=O)CCC(=O)CCCCCC[C@H](CCCCC)O[C@@H]3O[C@H](C)[C@H](OC(C)=O)[C@H](O)[C@H]3O[C@H](O2)[C@@H]1O. The minimum atomic E-state index is -1.87. The summed E-state index contributed by atoms with van der Waals surface area (Å²) in [6.45, 7) is 7.45. The molecule has 3 aliphatic rings. The lowest BCUT2D eigenvalue weighted by Crippen LogP contribution is -2.65. The Labute approximate surface area is 346 Å². The van der Waals surface area contributed by atoms with Gasteiger partial charge in [0.05, 0.1) is 18.6 Å². The summed E-state index contributed by atoms with van der Waals surface area (Å²) in [6, 6.07) is 8.92. The fourth-order valence-corrected chi connectivity index (χ4v) is 7.17. The molecule has 2 unspecified atom stereocenters. The van der Waals surface area contributed by atoms with Gasteiger partial charge in [-0.25, -0.2) is 9.59 Å². The number of cyclic esters (lactones) is 1. The zero-order valence-electron chi connectivity index (χ0n) is 34.9. The van der Waals surface area contributed by atoms with Gasteiger partial charge in [-0.15, -0.1) is 0 Å². The van der Waals surface area contributed by atoms with Crippen molar-refractivity contribution in [3.63, 3.8) is 0 Å². The number of benzene rings is 1. The van der Waals surface area contributed by atoms with Crippen LogP contribution in [0.25, 0.3) is 6.08 Å². The molecule has 2 bridgehead atoms. The summed E-state index contributed by atoms with van der Waals surface area (Å²) in [4.78, 5) is 64.5. The van der Waals surface area contributed by atoms with Crippen LogP contribution in [0.5, 0.6) is 0 Å². The number of unbranched alkanes of at least 4 members (excludes halogenated alkanes) is 2. The van der Waals surface area contributed by atoms with Crippen molar-refractivity contribution >= 4 is 35.7 Å². The maximum Gasteiger partial charge on any atom is 0.333 e. The van der Waals surface area contributed by atoms with Crippen LogP contribution in [0.3, 0.4) is 0 Å². The Hall–Kier alpha value is -3.99. The van der Waals surface area contributed by atoms with E-state index in [1.807, 2.05) is 6.07 Å². The molecule has 3 fully saturated rings. The minimum absolute atomic E-state index is 0.0312. The van der Waals surface area contributed by atoms with Gasteiger partial charge in [0, 0.05) is 31.4 Å². The molecular formula is C44H62O15. The summed E-state index contributed by atoms with van der Waals surface area (Å²) in [7, 11) is 0. The molecule has 3 aliphatic heterocycles. The average Bonchev–Trinajstić information content (AvgIpc) is 3.21. The van der Waals surface area contributed by atoms with E-state index in [0.29, 0.717) is 31.2 Å². The van der Waals surface area contributed by atoms with Crippen molar-refractivity contribution in [1.82, 2.24) is 0 Å². The first-order valence-electron chi connectivity index (χ1n) is 20.9. The molecule has 0 aliphatic carbocycles. The second-order valence-electron chi connectivity index (χ2n) is 15.3. The Balaban J connectivity index is 1.74. The van der Waals surface area contributed by atoms with Gasteiger partial charge < -0.3 is 48.1 Å². The Kier molecular flexibility index (Phi) is 19.6. The smallest absolute Gasteiger partial charge is 0.333 e. The fraction of sp³-hybridized carbons (Fsp3) is 0.659. The van der Waals surface area contributed by atoms with Crippen molar-refractivity contribution in [2.75, 3.05) is 6.61 Å². The van der Waals surface area contributed by atoms with Gasteiger partial charge in [-0.3, -0.25) is 14.4 Å². The zero-order chi connectivity index (χ0) is 42.9. The molecule has 11 atom stereocenters. The van der Waals surface area contributed by atoms with Crippen molar-refractivity contribution in [2.45, 2.75) is 179 Å². The second-order valence-corrected chi connectivity index (χ2v) is 15.3. The van der Waals surface area contributed by atoms with Crippen LogP contribution in [0.4, 0.5) is 0 Å². The number of carbonyl (C=O) groups is 5. The van der Waals surface area contributed by atoms with E-state index in [0.717, 1.165) is 44.6 Å². The number of carbonyl (C=O) groups excluding carboxylic acids is 5. The molecule has 1 aromatic rings. The van der Waals surface area contributed by atoms with Crippen molar-refractivity contribution in [1.29, 1.82) is 0 Å². The number of hydrogen-bond acceptors (Lipinski definition) is 15. The van der Waals surface area contributed by atoms with Gasteiger partial charge in [-0.1, -0.05) is 81.9 Å². The second kappa shape index (κ2) is 24.3. The van der Waals surface area contributed by atoms with Gasteiger partial charge in [0.25, 0.3) is 0 Å². The number of allylic oxidation sites excluding steroid dienone is 1. The van der Waals surface area contributed by atoms with E-state index in [1.54, 1.807) is 38.1 Å². The van der Waals surface area contributed by atoms with E-state index < -0.39 is 91.9 Å². The number of Topliss-reactive ketones (excluding diaryl/α,β-unsaturated/α-hetero) is 1. The molecule has 3 saturated heterocycles. The van der Waals surface area contributed by atoms with E-state index in [-0.39, 0.29) is 30.3 Å². The maximum atomic E-state index is 13.3. The average molecular weight is 831 g/mol. The first-order chi connectivity index (χ1) is 28.3. The fourth-order valence-electron chi connectivity index (χ4n) is 7.17. The van der Waals surface area contributed by atoms with Gasteiger partial charge in [-0.2, -0.15) is 0 Å². The summed E-state index contributed by atoms with van der Waals surface area (Å²) in [5.41, 5.74) is 0.863. The van der Waals surface area contributed by atoms with Crippen LogP contribution in [-0.4, -0.2) is 114 Å². The Bertz CT molecular complexity index is 1580. The quantitative estimate of drug-likeness (QED) is 0.135. The van der Waals surface area contributed by atoms with E-state index in [2.05, 4.69) is 6.92 Å². The standard InChI is InChI=1S/C44H62O15/c1-6-8-12-20-32-21-16-10-9-15-19-31(46)23-25-34(47)52-26-33-39(57-35(48)24-22-30-17-13-11-14-18-30)40(58-42(51)27(3)7-2)37(50)43(56-33)59-41-36(49)38(54-29(5)45)28(4)53-44(41)55-32/h7,11,13-14,17-18,22,24,28,32-33,36-41,43-44,49-50H,6,8-10,12,15-16,19-21,23,25-26H2,1-5H3/b24-22+,27-7+/t28-,32+,33?,36+,37-,38+,39?,40-,41-,43+,44+/m1/s1. The lowest BCUT2D eigenvalue weighted by atomic mass is 9.96. The van der Waals surface area contributed by atoms with Gasteiger partial charge in [-0.05, 0) is 51.7 Å². The molecule has 15 nitrogen and oxygen atoms in total. The number of ether oxygens (including phenoxy) is 8. The summed E-state index contributed by atoms with van der Waals surface area (Å²) >= 11 is 0. The maximum absolute atomic E-state index is 13.3.